The highest BCUT2D eigenvalue weighted by Gasteiger charge is 2.40. The van der Waals surface area contributed by atoms with Crippen LogP contribution < -0.4 is 0 Å². The topological polar surface area (TPSA) is 43.9 Å². The van der Waals surface area contributed by atoms with E-state index in [0.717, 1.165) is 18.3 Å². The predicted octanol–water partition coefficient (Wildman–Crippen LogP) is 7.31. The van der Waals surface area contributed by atoms with Crippen LogP contribution >= 0.6 is 34.8 Å². The van der Waals surface area contributed by atoms with Gasteiger partial charge in [0.05, 0.1) is 28.0 Å². The van der Waals surface area contributed by atoms with Gasteiger partial charge in [0.15, 0.2) is 11.5 Å². The fraction of sp³-hybridized carbons (Fsp3) is 0.0526. The van der Waals surface area contributed by atoms with Crippen molar-refractivity contribution in [3.63, 3.8) is 0 Å². The lowest BCUT2D eigenvalue weighted by Crippen LogP contribution is -2.14. The van der Waals surface area contributed by atoms with Crippen molar-refractivity contribution in [3.8, 4) is 28.3 Å². The lowest BCUT2D eigenvalue weighted by Gasteiger charge is -2.12. The molecule has 154 valence electrons. The summed E-state index contributed by atoms with van der Waals surface area (Å²) in [5, 5.41) is 7.80. The Morgan fingerprint density at radius 1 is 0.967 bits per heavy atom. The van der Waals surface area contributed by atoms with E-state index in [9.17, 15) is 17.6 Å². The Kier molecular flexibility index (Phi) is 5.25. The first-order chi connectivity index (χ1) is 14.1. The molecule has 2 heterocycles. The first kappa shape index (κ1) is 20.7. The number of alkyl halides is 3. The van der Waals surface area contributed by atoms with Crippen LogP contribution in [0, 0.1) is 5.82 Å². The SMILES string of the molecule is Fc1cccc(Cl)c1-c1cc(-c2cnn(-c3cc(Cl)cc(Cl)c3)c2C(F)(F)F)on1. The van der Waals surface area contributed by atoms with Crippen LogP contribution in [-0.2, 0) is 6.18 Å². The molecular weight excluding hydrogens is 469 g/mol. The molecular formula is C19H8Cl3F4N3O. The van der Waals surface area contributed by atoms with E-state index in [1.165, 1.54) is 30.3 Å². The van der Waals surface area contributed by atoms with Crippen LogP contribution in [-0.4, -0.2) is 14.9 Å². The van der Waals surface area contributed by atoms with Gasteiger partial charge in [-0.1, -0.05) is 46.0 Å². The third kappa shape index (κ3) is 3.78. The van der Waals surface area contributed by atoms with Gasteiger partial charge in [0.1, 0.15) is 11.5 Å². The summed E-state index contributed by atoms with van der Waals surface area (Å²) < 4.78 is 61.5. The zero-order valence-electron chi connectivity index (χ0n) is 14.5. The van der Waals surface area contributed by atoms with Gasteiger partial charge in [-0.3, -0.25) is 0 Å². The molecule has 0 aliphatic carbocycles. The van der Waals surface area contributed by atoms with Crippen molar-refractivity contribution in [2.75, 3.05) is 0 Å². The maximum Gasteiger partial charge on any atom is 0.434 e. The van der Waals surface area contributed by atoms with Gasteiger partial charge >= 0.3 is 6.18 Å². The third-order valence-electron chi connectivity index (χ3n) is 4.12. The van der Waals surface area contributed by atoms with E-state index in [-0.39, 0.29) is 37.8 Å². The van der Waals surface area contributed by atoms with Crippen molar-refractivity contribution in [2.45, 2.75) is 6.18 Å². The number of aromatic nitrogens is 3. The first-order valence-electron chi connectivity index (χ1n) is 8.18. The van der Waals surface area contributed by atoms with Crippen LogP contribution in [0.4, 0.5) is 17.6 Å². The zero-order valence-corrected chi connectivity index (χ0v) is 16.8. The van der Waals surface area contributed by atoms with Gasteiger partial charge in [-0.25, -0.2) is 9.07 Å². The highest BCUT2D eigenvalue weighted by molar-refractivity contribution is 6.35. The van der Waals surface area contributed by atoms with Crippen LogP contribution in [0.3, 0.4) is 0 Å². The Balaban J connectivity index is 1.87. The molecule has 11 heteroatoms. The summed E-state index contributed by atoms with van der Waals surface area (Å²) in [5.74, 6) is -0.960. The van der Waals surface area contributed by atoms with Gasteiger partial charge in [0.2, 0.25) is 0 Å². The molecule has 0 spiro atoms. The first-order valence-corrected chi connectivity index (χ1v) is 9.31. The van der Waals surface area contributed by atoms with E-state index in [2.05, 4.69) is 10.3 Å². The van der Waals surface area contributed by atoms with Crippen molar-refractivity contribution in [1.82, 2.24) is 14.9 Å². The minimum absolute atomic E-state index is 0.00274. The molecule has 0 saturated carbocycles. The van der Waals surface area contributed by atoms with Gasteiger partial charge < -0.3 is 4.52 Å². The summed E-state index contributed by atoms with van der Waals surface area (Å²) in [7, 11) is 0. The summed E-state index contributed by atoms with van der Waals surface area (Å²) in [6, 6.07) is 9.07. The normalized spacial score (nSPS) is 11.8. The van der Waals surface area contributed by atoms with Gasteiger partial charge in [-0.15, -0.1) is 0 Å². The summed E-state index contributed by atoms with van der Waals surface area (Å²) in [4.78, 5) is 0. The molecule has 30 heavy (non-hydrogen) atoms. The Morgan fingerprint density at radius 3 is 2.30 bits per heavy atom. The second-order valence-electron chi connectivity index (χ2n) is 6.12. The number of hydrogen-bond donors (Lipinski definition) is 0. The monoisotopic (exact) mass is 475 g/mol. The zero-order chi connectivity index (χ0) is 21.6. The van der Waals surface area contributed by atoms with Gasteiger partial charge in [-0.05, 0) is 30.3 Å². The largest absolute Gasteiger partial charge is 0.434 e. The Bertz CT molecular complexity index is 1210. The molecule has 0 aliphatic heterocycles. The van der Waals surface area contributed by atoms with Crippen molar-refractivity contribution < 1.29 is 22.1 Å². The number of nitrogens with zero attached hydrogens (tertiary/aromatic N) is 3. The average molecular weight is 477 g/mol. The second-order valence-corrected chi connectivity index (χ2v) is 7.40. The highest BCUT2D eigenvalue weighted by atomic mass is 35.5. The molecule has 0 aliphatic rings. The van der Waals surface area contributed by atoms with Crippen LogP contribution in [0.1, 0.15) is 5.69 Å². The van der Waals surface area contributed by atoms with E-state index in [0.29, 0.717) is 4.68 Å². The van der Waals surface area contributed by atoms with Crippen LogP contribution in [0.2, 0.25) is 15.1 Å². The molecule has 0 N–H and O–H groups in total. The molecule has 0 atom stereocenters. The van der Waals surface area contributed by atoms with E-state index in [1.54, 1.807) is 0 Å². The number of rotatable bonds is 3. The van der Waals surface area contributed by atoms with E-state index in [1.807, 2.05) is 0 Å². The third-order valence-corrected chi connectivity index (χ3v) is 4.88. The molecule has 2 aromatic carbocycles. The molecule has 0 fully saturated rings. The smallest absolute Gasteiger partial charge is 0.356 e. The van der Waals surface area contributed by atoms with Crippen molar-refractivity contribution in [2.24, 2.45) is 0 Å². The summed E-state index contributed by atoms with van der Waals surface area (Å²) in [6.45, 7) is 0. The molecule has 2 aromatic heterocycles. The van der Waals surface area contributed by atoms with Crippen LogP contribution in [0.5, 0.6) is 0 Å². The van der Waals surface area contributed by atoms with Crippen molar-refractivity contribution in [1.29, 1.82) is 0 Å². The fourth-order valence-corrected chi connectivity index (χ4v) is 3.70. The minimum Gasteiger partial charge on any atom is -0.356 e. The Morgan fingerprint density at radius 2 is 1.67 bits per heavy atom. The minimum atomic E-state index is -4.82. The summed E-state index contributed by atoms with van der Waals surface area (Å²) in [6.07, 6.45) is -3.85. The molecule has 4 nitrogen and oxygen atoms in total. The molecule has 4 rings (SSSR count). The lowest BCUT2D eigenvalue weighted by atomic mass is 10.1. The maximum atomic E-state index is 14.1. The van der Waals surface area contributed by atoms with Crippen molar-refractivity contribution >= 4 is 34.8 Å². The Labute approximate surface area is 181 Å². The maximum absolute atomic E-state index is 14.1. The lowest BCUT2D eigenvalue weighted by molar-refractivity contribution is -0.142. The van der Waals surface area contributed by atoms with E-state index in [4.69, 9.17) is 39.3 Å². The van der Waals surface area contributed by atoms with Gasteiger partial charge in [0, 0.05) is 16.1 Å². The molecule has 0 amide bonds. The quantitative estimate of drug-likeness (QED) is 0.291. The molecule has 0 unspecified atom stereocenters. The number of halogens is 7. The van der Waals surface area contributed by atoms with Gasteiger partial charge in [-0.2, -0.15) is 18.3 Å². The Hall–Kier alpha value is -2.55. The van der Waals surface area contributed by atoms with Crippen molar-refractivity contribution in [3.05, 3.63) is 75.2 Å². The average Bonchev–Trinajstić information content (AvgIpc) is 3.27. The van der Waals surface area contributed by atoms with Gasteiger partial charge in [0.25, 0.3) is 0 Å². The highest BCUT2D eigenvalue weighted by Crippen LogP contribution is 2.40. The fourth-order valence-electron chi connectivity index (χ4n) is 2.92. The van der Waals surface area contributed by atoms with Crippen LogP contribution in [0.25, 0.3) is 28.3 Å². The molecule has 0 saturated heterocycles. The molecule has 4 aromatic rings. The summed E-state index contributed by atoms with van der Waals surface area (Å²) in [5.41, 5.74) is -1.67. The molecule has 0 bridgehead atoms. The van der Waals surface area contributed by atoms with E-state index >= 15 is 0 Å². The number of hydrogen-bond acceptors (Lipinski definition) is 3. The standard InChI is InChI=1S/C19H8Cl3F4N3O/c20-9-4-10(21)6-11(5-9)29-18(19(24,25)26)12(8-27-29)16-7-15(28-30-16)17-13(22)2-1-3-14(17)23/h1-8H. The number of benzene rings is 2. The predicted molar refractivity (Wildman–Crippen MR) is 104 cm³/mol. The molecule has 0 radical (unpaired) electrons. The van der Waals surface area contributed by atoms with E-state index < -0.39 is 23.3 Å². The van der Waals surface area contributed by atoms with Crippen LogP contribution in [0.15, 0.2) is 53.2 Å². The second kappa shape index (κ2) is 7.61. The summed E-state index contributed by atoms with van der Waals surface area (Å²) >= 11 is 17.8.